The first-order valence-corrected chi connectivity index (χ1v) is 32.0. The number of hydrogen-bond acceptors (Lipinski definition) is 12. The van der Waals surface area contributed by atoms with E-state index in [4.69, 9.17) is 28.4 Å². The van der Waals surface area contributed by atoms with Crippen LogP contribution in [0.15, 0.2) is 29.2 Å². The third-order valence-electron chi connectivity index (χ3n) is 15.4. The van der Waals surface area contributed by atoms with Crippen LogP contribution < -0.4 is 20.5 Å². The maximum Gasteiger partial charge on any atom is 0.351 e. The number of para-hydroxylation sites is 1. The van der Waals surface area contributed by atoms with Crippen molar-refractivity contribution in [3.8, 4) is 11.5 Å². The highest BCUT2D eigenvalue weighted by molar-refractivity contribution is 6.06. The van der Waals surface area contributed by atoms with Gasteiger partial charge in [0, 0.05) is 25.3 Å². The number of benzene rings is 1. The van der Waals surface area contributed by atoms with Gasteiger partial charge in [-0.3, -0.25) is 14.2 Å². The van der Waals surface area contributed by atoms with E-state index < -0.39 is 48.7 Å². The van der Waals surface area contributed by atoms with Crippen molar-refractivity contribution in [1.29, 1.82) is 0 Å². The Morgan fingerprint density at radius 1 is 0.608 bits per heavy atom. The maximum atomic E-state index is 14.2. The highest BCUT2D eigenvalue weighted by Crippen LogP contribution is 2.35. The number of esters is 1. The van der Waals surface area contributed by atoms with Crippen LogP contribution >= 0.6 is 0 Å². The number of amides is 1. The van der Waals surface area contributed by atoms with Crippen molar-refractivity contribution in [1.82, 2.24) is 9.55 Å². The van der Waals surface area contributed by atoms with Crippen LogP contribution in [0.3, 0.4) is 0 Å². The van der Waals surface area contributed by atoms with Gasteiger partial charge in [0.1, 0.15) is 23.8 Å². The van der Waals surface area contributed by atoms with Gasteiger partial charge in [-0.1, -0.05) is 238 Å². The molecule has 0 aliphatic carbocycles. The number of hydrogen-bond donors (Lipinski definition) is 2. The van der Waals surface area contributed by atoms with Gasteiger partial charge < -0.3 is 43.6 Å². The Morgan fingerprint density at radius 3 is 1.51 bits per heavy atom. The Morgan fingerprint density at radius 2 is 1.06 bits per heavy atom. The number of nitrogens with zero attached hydrogens (tertiary/aromatic N) is 2. The number of ether oxygens (including phenoxy) is 6. The van der Waals surface area contributed by atoms with Crippen LogP contribution in [0.4, 0.5) is 5.82 Å². The molecule has 0 unspecified atom stereocenters. The summed E-state index contributed by atoms with van der Waals surface area (Å²) in [5.41, 5.74) is -0.0510. The minimum absolute atomic E-state index is 0.00519. The van der Waals surface area contributed by atoms with Crippen molar-refractivity contribution in [2.24, 2.45) is 0 Å². The van der Waals surface area contributed by atoms with E-state index in [1.165, 1.54) is 224 Å². The molecule has 1 amide bonds. The van der Waals surface area contributed by atoms with E-state index in [0.717, 1.165) is 32.1 Å². The minimum Gasteiger partial charge on any atom is -0.490 e. The summed E-state index contributed by atoms with van der Waals surface area (Å²) in [6.45, 7) is 8.32. The van der Waals surface area contributed by atoms with Gasteiger partial charge in [-0.15, -0.1) is 0 Å². The molecule has 1 aliphatic rings. The molecule has 0 spiro atoms. The molecule has 3 rings (SSSR count). The van der Waals surface area contributed by atoms with E-state index in [-0.39, 0.29) is 43.2 Å². The zero-order chi connectivity index (χ0) is 57.0. The van der Waals surface area contributed by atoms with Crippen molar-refractivity contribution in [3.63, 3.8) is 0 Å². The molecule has 1 aromatic heterocycles. The second-order valence-electron chi connectivity index (χ2n) is 22.5. The average molecular weight is 1110 g/mol. The Hall–Kier alpha value is -3.85. The number of unbranched alkanes of at least 4 members (excludes halogenated alkanes) is 34. The lowest BCUT2D eigenvalue weighted by atomic mass is 10.0. The second kappa shape index (κ2) is 45.7. The monoisotopic (exact) mass is 1110 g/mol. The predicted octanol–water partition coefficient (Wildman–Crippen LogP) is 15.8. The molecule has 79 heavy (non-hydrogen) atoms. The average Bonchev–Trinajstić information content (AvgIpc) is 3.96. The van der Waals surface area contributed by atoms with Gasteiger partial charge in [0.2, 0.25) is 0 Å². The van der Waals surface area contributed by atoms with Gasteiger partial charge in [0.05, 0.1) is 45.0 Å². The number of rotatable bonds is 52. The summed E-state index contributed by atoms with van der Waals surface area (Å²) in [5, 5.41) is 13.1. The van der Waals surface area contributed by atoms with E-state index in [1.54, 1.807) is 19.1 Å². The lowest BCUT2D eigenvalue weighted by Gasteiger charge is -2.25. The van der Waals surface area contributed by atoms with Crippen LogP contribution in [0.2, 0.25) is 0 Å². The van der Waals surface area contributed by atoms with Gasteiger partial charge in [-0.2, -0.15) is 4.98 Å². The molecular formula is C65H111N3O11. The number of nitrogens with one attached hydrogen (secondary N) is 1. The molecule has 2 heterocycles. The molecule has 1 aliphatic heterocycles. The number of carbonyl (C=O) groups is 3. The number of aliphatic hydroxyl groups is 1. The standard InChI is InChI=1S/C65H111N3O11/c1-6-8-10-12-14-16-18-20-22-24-26-28-30-32-34-36-38-40-47-75-56-44-42-43-55(59(56)76-48-41-39-37-35-33-31-29-27-25-23-21-19-17-15-13-11-9-7-2)63(72)66-62-53(3)51-68(65(73)67-62)64-61(77-50-49-74-5)60(57(52-69)78-64)79-58(71)46-45-54(4)70/h42-44,51,57,60-61,64,69H,6-41,45-50,52H2,1-5H3,(H,66,67,72,73)/t57-,60-,61-,64-/m1/s1. The van der Waals surface area contributed by atoms with Gasteiger partial charge in [-0.25, -0.2) is 4.79 Å². The molecule has 0 radical (unpaired) electrons. The summed E-state index contributed by atoms with van der Waals surface area (Å²) < 4.78 is 37.0. The van der Waals surface area contributed by atoms with E-state index >= 15 is 0 Å². The molecule has 4 atom stereocenters. The van der Waals surface area contributed by atoms with Crippen LogP contribution in [0.1, 0.15) is 287 Å². The molecular weight excluding hydrogens is 999 g/mol. The molecule has 0 saturated carbocycles. The first-order chi connectivity index (χ1) is 38.6. The van der Waals surface area contributed by atoms with Crippen LogP contribution in [0.5, 0.6) is 11.5 Å². The van der Waals surface area contributed by atoms with E-state index in [1.807, 2.05) is 6.07 Å². The molecule has 14 nitrogen and oxygen atoms in total. The first kappa shape index (κ1) is 69.4. The third-order valence-corrected chi connectivity index (χ3v) is 15.4. The zero-order valence-electron chi connectivity index (χ0n) is 50.4. The molecule has 1 fully saturated rings. The summed E-state index contributed by atoms with van der Waals surface area (Å²) in [6, 6.07) is 5.33. The highest BCUT2D eigenvalue weighted by atomic mass is 16.6. The fraction of sp³-hybridized carbons (Fsp3) is 0.800. The van der Waals surface area contributed by atoms with Crippen LogP contribution in [0.25, 0.3) is 0 Å². The Labute approximate surface area is 478 Å². The quantitative estimate of drug-likeness (QED) is 0.0475. The summed E-state index contributed by atoms with van der Waals surface area (Å²) in [5.74, 6) is -0.413. The van der Waals surface area contributed by atoms with Gasteiger partial charge in [0.15, 0.2) is 23.8 Å². The van der Waals surface area contributed by atoms with Crippen molar-refractivity contribution < 1.29 is 47.9 Å². The smallest absolute Gasteiger partial charge is 0.351 e. The molecule has 1 saturated heterocycles. The molecule has 2 N–H and O–H groups in total. The van der Waals surface area contributed by atoms with Crippen molar-refractivity contribution in [2.45, 2.75) is 296 Å². The molecule has 14 heteroatoms. The first-order valence-electron chi connectivity index (χ1n) is 32.0. The highest BCUT2D eigenvalue weighted by Gasteiger charge is 2.49. The van der Waals surface area contributed by atoms with E-state index in [0.29, 0.717) is 30.3 Å². The van der Waals surface area contributed by atoms with Crippen molar-refractivity contribution in [3.05, 3.63) is 46.0 Å². The van der Waals surface area contributed by atoms with Crippen LogP contribution in [-0.4, -0.2) is 90.8 Å². The predicted molar refractivity (Wildman–Crippen MR) is 319 cm³/mol. The maximum absolute atomic E-state index is 14.2. The fourth-order valence-corrected chi connectivity index (χ4v) is 10.5. The summed E-state index contributed by atoms with van der Waals surface area (Å²) in [4.78, 5) is 56.6. The molecule has 2 aromatic rings. The number of ketones is 1. The summed E-state index contributed by atoms with van der Waals surface area (Å²) in [7, 11) is 1.51. The van der Waals surface area contributed by atoms with Gasteiger partial charge >= 0.3 is 11.7 Å². The Kier molecular flexibility index (Phi) is 40.2. The lowest BCUT2D eigenvalue weighted by molar-refractivity contribution is -0.159. The minimum atomic E-state index is -1.15. The SMILES string of the molecule is CCCCCCCCCCCCCCCCCCCCOc1cccc(C(=O)Nc2nc(=O)n([C@@H]3O[C@H](CO)[C@@H](OC(=O)CCC(C)=O)[C@H]3OCCOC)cc2C)c1OCCCCCCCCCCCCCCCCCCCC. The number of aliphatic hydroxyl groups excluding tert-OH is 1. The number of anilines is 1. The molecule has 0 bridgehead atoms. The number of aryl methyl sites for hydroxylation is 1. The normalized spacial score (nSPS) is 16.1. The Balaban J connectivity index is 1.56. The van der Waals surface area contributed by atoms with E-state index in [9.17, 15) is 24.3 Å². The van der Waals surface area contributed by atoms with Crippen LogP contribution in [0, 0.1) is 6.92 Å². The molecule has 452 valence electrons. The lowest BCUT2D eigenvalue weighted by Crippen LogP contribution is -2.41. The largest absolute Gasteiger partial charge is 0.490 e. The number of aromatic nitrogens is 2. The number of Topliss-reactive ketones (excluding diaryl/α,β-unsaturated/α-hetero) is 1. The van der Waals surface area contributed by atoms with Crippen molar-refractivity contribution >= 4 is 23.5 Å². The number of methoxy groups -OCH3 is 1. The third kappa shape index (κ3) is 30.7. The topological polar surface area (TPSA) is 174 Å². The summed E-state index contributed by atoms with van der Waals surface area (Å²) in [6.07, 6.45) is 43.9. The van der Waals surface area contributed by atoms with Crippen molar-refractivity contribution in [2.75, 3.05) is 45.5 Å². The zero-order valence-corrected chi connectivity index (χ0v) is 50.4. The number of carbonyl (C=O) groups excluding carboxylic acids is 3. The van der Waals surface area contributed by atoms with Gasteiger partial charge in [0.25, 0.3) is 5.91 Å². The second-order valence-corrected chi connectivity index (χ2v) is 22.5. The van der Waals surface area contributed by atoms with Crippen LogP contribution in [-0.2, 0) is 28.5 Å². The molecule has 1 aromatic carbocycles. The van der Waals surface area contributed by atoms with Gasteiger partial charge in [-0.05, 0) is 38.8 Å². The summed E-state index contributed by atoms with van der Waals surface area (Å²) >= 11 is 0. The Bertz CT molecular complexity index is 1940. The fourth-order valence-electron chi connectivity index (χ4n) is 10.5. The van der Waals surface area contributed by atoms with E-state index in [2.05, 4.69) is 24.1 Å².